The molecule has 0 aliphatic carbocycles. The Labute approximate surface area is 192 Å². The van der Waals surface area contributed by atoms with Gasteiger partial charge in [-0.3, -0.25) is 15.0 Å². The summed E-state index contributed by atoms with van der Waals surface area (Å²) in [5.41, 5.74) is 2.58. The molecule has 4 rings (SSSR count). The van der Waals surface area contributed by atoms with E-state index in [1.54, 1.807) is 11.3 Å². The monoisotopic (exact) mass is 447 g/mol. The average Bonchev–Trinajstić information content (AvgIpc) is 3.34. The van der Waals surface area contributed by atoms with E-state index >= 15 is 0 Å². The first kappa shape index (κ1) is 21.4. The van der Waals surface area contributed by atoms with E-state index in [0.717, 1.165) is 31.1 Å². The first-order chi connectivity index (χ1) is 15.2. The van der Waals surface area contributed by atoms with Gasteiger partial charge < -0.3 is 4.90 Å². The number of nitrogens with zero attached hydrogens (tertiary/aromatic N) is 2. The predicted molar refractivity (Wildman–Crippen MR) is 132 cm³/mol. The SMILES string of the molecule is O=C(C=Cc1cccs1)NC(=S)N1CCN(C(c2ccccc2)c2ccccc2)CC1. The quantitative estimate of drug-likeness (QED) is 0.459. The lowest BCUT2D eigenvalue weighted by Gasteiger charge is -2.40. The van der Waals surface area contributed by atoms with Gasteiger partial charge in [0, 0.05) is 37.1 Å². The van der Waals surface area contributed by atoms with Gasteiger partial charge >= 0.3 is 0 Å². The maximum Gasteiger partial charge on any atom is 0.250 e. The van der Waals surface area contributed by atoms with E-state index in [1.165, 1.54) is 17.2 Å². The zero-order valence-corrected chi connectivity index (χ0v) is 18.8. The number of piperazine rings is 1. The van der Waals surface area contributed by atoms with Crippen molar-refractivity contribution in [1.82, 2.24) is 15.1 Å². The van der Waals surface area contributed by atoms with Crippen molar-refractivity contribution < 1.29 is 4.79 Å². The van der Waals surface area contributed by atoms with Crippen LogP contribution in [0.3, 0.4) is 0 Å². The molecule has 1 amide bonds. The number of hydrogen-bond acceptors (Lipinski definition) is 4. The van der Waals surface area contributed by atoms with Crippen LogP contribution in [0.2, 0.25) is 0 Å². The number of amides is 1. The molecule has 0 radical (unpaired) electrons. The smallest absolute Gasteiger partial charge is 0.250 e. The van der Waals surface area contributed by atoms with Crippen molar-refractivity contribution in [2.45, 2.75) is 6.04 Å². The van der Waals surface area contributed by atoms with Gasteiger partial charge in [-0.1, -0.05) is 66.7 Å². The maximum atomic E-state index is 12.2. The summed E-state index contributed by atoms with van der Waals surface area (Å²) in [5, 5.41) is 5.32. The molecule has 0 spiro atoms. The van der Waals surface area contributed by atoms with Crippen molar-refractivity contribution >= 4 is 40.7 Å². The van der Waals surface area contributed by atoms with Gasteiger partial charge in [-0.25, -0.2) is 0 Å². The summed E-state index contributed by atoms with van der Waals surface area (Å²) in [5.74, 6) is -0.188. The first-order valence-electron chi connectivity index (χ1n) is 10.4. The molecule has 0 unspecified atom stereocenters. The fraction of sp³-hybridized carbons (Fsp3) is 0.200. The molecule has 1 aromatic heterocycles. The summed E-state index contributed by atoms with van der Waals surface area (Å²) >= 11 is 7.10. The Kier molecular flexibility index (Phi) is 7.25. The van der Waals surface area contributed by atoms with Crippen molar-refractivity contribution in [3.8, 4) is 0 Å². The Morgan fingerprint density at radius 2 is 1.52 bits per heavy atom. The molecule has 3 aromatic rings. The van der Waals surface area contributed by atoms with Gasteiger partial charge in [0.2, 0.25) is 5.91 Å². The highest BCUT2D eigenvalue weighted by molar-refractivity contribution is 7.80. The highest BCUT2D eigenvalue weighted by Gasteiger charge is 2.27. The third-order valence-electron chi connectivity index (χ3n) is 5.37. The second-order valence-electron chi connectivity index (χ2n) is 7.39. The van der Waals surface area contributed by atoms with Crippen LogP contribution in [-0.2, 0) is 4.79 Å². The third-order valence-corrected chi connectivity index (χ3v) is 6.57. The molecule has 1 N–H and O–H groups in total. The zero-order chi connectivity index (χ0) is 21.5. The van der Waals surface area contributed by atoms with Crippen LogP contribution in [0.5, 0.6) is 0 Å². The number of carbonyl (C=O) groups excluding carboxylic acids is 1. The largest absolute Gasteiger partial charge is 0.346 e. The molecule has 2 aromatic carbocycles. The molecule has 1 saturated heterocycles. The van der Waals surface area contributed by atoms with Crippen molar-refractivity contribution in [3.63, 3.8) is 0 Å². The molecule has 6 heteroatoms. The molecule has 31 heavy (non-hydrogen) atoms. The molecule has 0 bridgehead atoms. The molecule has 2 heterocycles. The van der Waals surface area contributed by atoms with Crippen LogP contribution in [-0.4, -0.2) is 47.0 Å². The van der Waals surface area contributed by atoms with Crippen LogP contribution in [0.1, 0.15) is 22.0 Å². The van der Waals surface area contributed by atoms with E-state index in [2.05, 4.69) is 75.8 Å². The minimum absolute atomic E-state index is 0.188. The minimum Gasteiger partial charge on any atom is -0.346 e. The topological polar surface area (TPSA) is 35.6 Å². The Morgan fingerprint density at radius 3 is 2.06 bits per heavy atom. The van der Waals surface area contributed by atoms with Gasteiger partial charge in [0.05, 0.1) is 6.04 Å². The van der Waals surface area contributed by atoms with E-state index in [1.807, 2.05) is 23.6 Å². The highest BCUT2D eigenvalue weighted by Crippen LogP contribution is 2.29. The number of carbonyl (C=O) groups is 1. The van der Waals surface area contributed by atoms with Crippen LogP contribution < -0.4 is 5.32 Å². The van der Waals surface area contributed by atoms with Crippen LogP contribution >= 0.6 is 23.6 Å². The maximum absolute atomic E-state index is 12.2. The Hall–Kier alpha value is -2.80. The molecule has 4 nitrogen and oxygen atoms in total. The molecule has 158 valence electrons. The molecule has 0 atom stereocenters. The summed E-state index contributed by atoms with van der Waals surface area (Å²) in [4.78, 5) is 17.8. The minimum atomic E-state index is -0.188. The Balaban J connectivity index is 1.37. The second kappa shape index (κ2) is 10.5. The molecule has 1 aliphatic heterocycles. The molecule has 0 saturated carbocycles. The van der Waals surface area contributed by atoms with Gasteiger partial charge in [-0.2, -0.15) is 0 Å². The molecule has 1 aliphatic rings. The number of benzene rings is 2. The van der Waals surface area contributed by atoms with Crippen molar-refractivity contribution in [1.29, 1.82) is 0 Å². The molecular weight excluding hydrogens is 422 g/mol. The first-order valence-corrected chi connectivity index (χ1v) is 11.6. The summed E-state index contributed by atoms with van der Waals surface area (Å²) < 4.78 is 0. The number of thiophene rings is 1. The third kappa shape index (κ3) is 5.67. The lowest BCUT2D eigenvalue weighted by atomic mass is 9.96. The average molecular weight is 448 g/mol. The fourth-order valence-corrected chi connectivity index (χ4v) is 4.74. The Morgan fingerprint density at radius 1 is 0.903 bits per heavy atom. The van der Waals surface area contributed by atoms with Gasteiger partial charge in [0.25, 0.3) is 0 Å². The molecule has 1 fully saturated rings. The van der Waals surface area contributed by atoms with Gasteiger partial charge in [-0.15, -0.1) is 11.3 Å². The number of hydrogen-bond donors (Lipinski definition) is 1. The summed E-state index contributed by atoms with van der Waals surface area (Å²) in [6.45, 7) is 3.30. The van der Waals surface area contributed by atoms with Crippen LogP contribution in [0, 0.1) is 0 Å². The molecular formula is C25H25N3OS2. The van der Waals surface area contributed by atoms with Crippen LogP contribution in [0.25, 0.3) is 6.08 Å². The zero-order valence-electron chi connectivity index (χ0n) is 17.2. The van der Waals surface area contributed by atoms with Gasteiger partial charge in [0.15, 0.2) is 5.11 Å². The van der Waals surface area contributed by atoms with Crippen molar-refractivity contribution in [3.05, 3.63) is 100 Å². The lowest BCUT2D eigenvalue weighted by Crippen LogP contribution is -2.53. The van der Waals surface area contributed by atoms with E-state index in [0.29, 0.717) is 5.11 Å². The van der Waals surface area contributed by atoms with Crippen LogP contribution in [0.4, 0.5) is 0 Å². The standard InChI is InChI=1S/C25H25N3OS2/c29-23(14-13-22-12-7-19-31-22)26-25(30)28-17-15-27(16-18-28)24(20-8-3-1-4-9-20)21-10-5-2-6-11-21/h1-14,19,24H,15-18H2,(H,26,29,30). The Bertz CT molecular complexity index is 972. The van der Waals surface area contributed by atoms with Gasteiger partial charge in [0.1, 0.15) is 0 Å². The summed E-state index contributed by atoms with van der Waals surface area (Å²) in [6, 6.07) is 25.4. The summed E-state index contributed by atoms with van der Waals surface area (Å²) in [6.07, 6.45) is 3.35. The van der Waals surface area contributed by atoms with Crippen molar-refractivity contribution in [2.24, 2.45) is 0 Å². The van der Waals surface area contributed by atoms with Crippen LogP contribution in [0.15, 0.2) is 84.3 Å². The lowest BCUT2D eigenvalue weighted by molar-refractivity contribution is -0.115. The second-order valence-corrected chi connectivity index (χ2v) is 8.76. The van der Waals surface area contributed by atoms with Gasteiger partial charge in [-0.05, 0) is 40.9 Å². The van der Waals surface area contributed by atoms with Crippen molar-refractivity contribution in [2.75, 3.05) is 26.2 Å². The summed E-state index contributed by atoms with van der Waals surface area (Å²) in [7, 11) is 0. The predicted octanol–water partition coefficient (Wildman–Crippen LogP) is 4.57. The fourth-order valence-electron chi connectivity index (χ4n) is 3.84. The normalized spacial score (nSPS) is 14.8. The van der Waals surface area contributed by atoms with E-state index in [4.69, 9.17) is 12.2 Å². The van der Waals surface area contributed by atoms with E-state index < -0.39 is 0 Å². The van der Waals surface area contributed by atoms with E-state index in [9.17, 15) is 4.79 Å². The number of nitrogens with one attached hydrogen (secondary N) is 1. The number of rotatable bonds is 5. The highest BCUT2D eigenvalue weighted by atomic mass is 32.1. The van der Waals surface area contributed by atoms with E-state index in [-0.39, 0.29) is 11.9 Å². The number of thiocarbonyl (C=S) groups is 1.